The predicted molar refractivity (Wildman–Crippen MR) is 96.8 cm³/mol. The zero-order valence-electron chi connectivity index (χ0n) is 15.9. The van der Waals surface area contributed by atoms with Crippen LogP contribution < -0.4 is 5.32 Å². The molecule has 150 valence electrons. The Morgan fingerprint density at radius 3 is 2.46 bits per heavy atom. The van der Waals surface area contributed by atoms with Crippen LogP contribution in [0.5, 0.6) is 0 Å². The Morgan fingerprint density at radius 1 is 1.27 bits per heavy atom. The number of rotatable bonds is 4. The monoisotopic (exact) mass is 390 g/mol. The van der Waals surface area contributed by atoms with E-state index < -0.39 is 33.0 Å². The van der Waals surface area contributed by atoms with Crippen LogP contribution in [0.4, 0.5) is 4.79 Å². The van der Waals surface area contributed by atoms with Gasteiger partial charge >= 0.3 is 12.1 Å². The van der Waals surface area contributed by atoms with Gasteiger partial charge in [-0.3, -0.25) is 4.90 Å². The number of sulfone groups is 1. The standard InChI is InChI=1S/C17H30N2O6S/c1-16(2,3)25-15(22)18-17(14(20)21)8-9-19(11-17)12-6-5-7-13(10-12)26(4,23)24/h12-13H,5-11H2,1-4H3,(H,18,22)(H,20,21). The number of alkyl carbamates (subject to hydrolysis) is 1. The molecule has 1 saturated carbocycles. The van der Waals surface area contributed by atoms with Crippen molar-refractivity contribution in [1.82, 2.24) is 10.2 Å². The summed E-state index contributed by atoms with van der Waals surface area (Å²) in [5.74, 6) is -1.10. The average Bonchev–Trinajstić information content (AvgIpc) is 2.90. The minimum absolute atomic E-state index is 0.0186. The van der Waals surface area contributed by atoms with E-state index in [1.54, 1.807) is 20.8 Å². The first-order valence-electron chi connectivity index (χ1n) is 9.00. The van der Waals surface area contributed by atoms with Gasteiger partial charge in [-0.1, -0.05) is 6.42 Å². The van der Waals surface area contributed by atoms with Crippen molar-refractivity contribution >= 4 is 21.9 Å². The van der Waals surface area contributed by atoms with E-state index in [0.29, 0.717) is 19.4 Å². The van der Waals surface area contributed by atoms with Crippen molar-refractivity contribution in [1.29, 1.82) is 0 Å². The second kappa shape index (κ2) is 7.34. The lowest BCUT2D eigenvalue weighted by molar-refractivity contribution is -0.144. The molecule has 0 aromatic heterocycles. The molecule has 26 heavy (non-hydrogen) atoms. The molecule has 2 N–H and O–H groups in total. The summed E-state index contributed by atoms with van der Waals surface area (Å²) < 4.78 is 29.0. The fraction of sp³-hybridized carbons (Fsp3) is 0.882. The fourth-order valence-corrected chi connectivity index (χ4v) is 4.99. The third-order valence-electron chi connectivity index (χ3n) is 5.17. The molecule has 1 saturated heterocycles. The molecule has 2 aliphatic rings. The lowest BCUT2D eigenvalue weighted by Crippen LogP contribution is -2.58. The van der Waals surface area contributed by atoms with Gasteiger partial charge in [0.1, 0.15) is 15.4 Å². The Hall–Kier alpha value is -1.35. The molecule has 0 aromatic carbocycles. The highest BCUT2D eigenvalue weighted by Gasteiger charge is 2.49. The van der Waals surface area contributed by atoms with E-state index in [0.717, 1.165) is 12.8 Å². The summed E-state index contributed by atoms with van der Waals surface area (Å²) in [5.41, 5.74) is -2.12. The maximum atomic E-state index is 12.1. The Morgan fingerprint density at radius 2 is 1.92 bits per heavy atom. The van der Waals surface area contributed by atoms with Crippen LogP contribution in [0.15, 0.2) is 0 Å². The Bertz CT molecular complexity index is 657. The van der Waals surface area contributed by atoms with Crippen LogP contribution >= 0.6 is 0 Å². The topological polar surface area (TPSA) is 113 Å². The molecule has 8 nitrogen and oxygen atoms in total. The molecular formula is C17H30N2O6S. The van der Waals surface area contributed by atoms with Crippen molar-refractivity contribution in [2.45, 2.75) is 75.3 Å². The summed E-state index contributed by atoms with van der Waals surface area (Å²) in [6.07, 6.45) is 3.59. The van der Waals surface area contributed by atoms with Crippen molar-refractivity contribution in [3.8, 4) is 0 Å². The average molecular weight is 391 g/mol. The Labute approximate surface area is 155 Å². The summed E-state index contributed by atoms with van der Waals surface area (Å²) in [4.78, 5) is 26.0. The Kier molecular flexibility index (Phi) is 5.92. The number of nitrogens with one attached hydrogen (secondary N) is 1. The quantitative estimate of drug-likeness (QED) is 0.746. The van der Waals surface area contributed by atoms with E-state index in [4.69, 9.17) is 4.74 Å². The van der Waals surface area contributed by atoms with Gasteiger partial charge in [0.2, 0.25) is 0 Å². The summed E-state index contributed by atoms with van der Waals surface area (Å²) in [5, 5.41) is 11.9. The molecule has 3 unspecified atom stereocenters. The largest absolute Gasteiger partial charge is 0.479 e. The lowest BCUT2D eigenvalue weighted by atomic mass is 9.93. The first-order chi connectivity index (χ1) is 11.8. The summed E-state index contributed by atoms with van der Waals surface area (Å²) >= 11 is 0. The second-order valence-electron chi connectivity index (χ2n) is 8.51. The number of amides is 1. The molecule has 2 fully saturated rings. The zero-order valence-corrected chi connectivity index (χ0v) is 16.8. The third-order valence-corrected chi connectivity index (χ3v) is 6.81. The van der Waals surface area contributed by atoms with E-state index in [1.807, 2.05) is 4.90 Å². The molecule has 3 atom stereocenters. The highest BCUT2D eigenvalue weighted by molar-refractivity contribution is 7.91. The minimum atomic E-state index is -3.11. The number of hydrogen-bond donors (Lipinski definition) is 2. The van der Waals surface area contributed by atoms with Gasteiger partial charge in [0.05, 0.1) is 5.25 Å². The van der Waals surface area contributed by atoms with Crippen LogP contribution in [0.2, 0.25) is 0 Å². The first-order valence-corrected chi connectivity index (χ1v) is 11.0. The van der Waals surface area contributed by atoms with Crippen molar-refractivity contribution in [2.75, 3.05) is 19.3 Å². The summed E-state index contributed by atoms with van der Waals surface area (Å²) in [6.45, 7) is 5.81. The molecule has 1 amide bonds. The molecule has 0 aromatic rings. The van der Waals surface area contributed by atoms with Crippen LogP contribution in [0.25, 0.3) is 0 Å². The summed E-state index contributed by atoms with van der Waals surface area (Å²) in [6, 6.07) is 0.0186. The van der Waals surface area contributed by atoms with E-state index in [9.17, 15) is 23.1 Å². The maximum Gasteiger partial charge on any atom is 0.408 e. The number of carboxylic acids is 1. The smallest absolute Gasteiger partial charge is 0.408 e. The number of aliphatic carboxylic acids is 1. The van der Waals surface area contributed by atoms with E-state index in [2.05, 4.69) is 5.32 Å². The third kappa shape index (κ3) is 5.09. The zero-order chi connectivity index (χ0) is 19.8. The number of carbonyl (C=O) groups is 2. The van der Waals surface area contributed by atoms with Crippen molar-refractivity contribution in [3.05, 3.63) is 0 Å². The van der Waals surface area contributed by atoms with Crippen LogP contribution in [0, 0.1) is 0 Å². The van der Waals surface area contributed by atoms with Crippen LogP contribution in [-0.2, 0) is 19.4 Å². The van der Waals surface area contributed by atoms with Crippen molar-refractivity contribution in [2.24, 2.45) is 0 Å². The van der Waals surface area contributed by atoms with Gasteiger partial charge in [0.15, 0.2) is 5.54 Å². The molecule has 0 radical (unpaired) electrons. The molecule has 1 heterocycles. The molecule has 0 spiro atoms. The molecule has 9 heteroatoms. The van der Waals surface area contributed by atoms with Gasteiger partial charge in [-0.05, 0) is 46.5 Å². The van der Waals surface area contributed by atoms with Crippen LogP contribution in [0.3, 0.4) is 0 Å². The maximum absolute atomic E-state index is 12.1. The molecule has 1 aliphatic carbocycles. The lowest BCUT2D eigenvalue weighted by Gasteiger charge is -2.35. The first kappa shape index (κ1) is 21.0. The Balaban J connectivity index is 2.07. The normalized spacial score (nSPS) is 30.8. The molecule has 1 aliphatic heterocycles. The number of carbonyl (C=O) groups excluding carboxylic acids is 1. The van der Waals surface area contributed by atoms with Crippen LogP contribution in [-0.4, -0.2) is 72.3 Å². The highest BCUT2D eigenvalue weighted by Crippen LogP contribution is 2.32. The van der Waals surface area contributed by atoms with Gasteiger partial charge in [-0.25, -0.2) is 18.0 Å². The summed E-state index contributed by atoms with van der Waals surface area (Å²) in [7, 11) is -3.11. The van der Waals surface area contributed by atoms with Crippen molar-refractivity contribution in [3.63, 3.8) is 0 Å². The van der Waals surface area contributed by atoms with Crippen molar-refractivity contribution < 1.29 is 27.9 Å². The van der Waals surface area contributed by atoms with E-state index in [-0.39, 0.29) is 24.3 Å². The SMILES string of the molecule is CC(C)(C)OC(=O)NC1(C(=O)O)CCN(C2CCCC(S(C)(=O)=O)C2)C1. The number of nitrogens with zero attached hydrogens (tertiary/aromatic N) is 1. The number of carboxylic acid groups (broad SMARTS) is 1. The van der Waals surface area contributed by atoms with Gasteiger partial charge in [-0.2, -0.15) is 0 Å². The molecular weight excluding hydrogens is 360 g/mol. The molecule has 0 bridgehead atoms. The van der Waals surface area contributed by atoms with Gasteiger partial charge in [0, 0.05) is 25.4 Å². The van der Waals surface area contributed by atoms with Gasteiger partial charge < -0.3 is 15.2 Å². The molecule has 2 rings (SSSR count). The fourth-order valence-electron chi connectivity index (χ4n) is 3.82. The highest BCUT2D eigenvalue weighted by atomic mass is 32.2. The van der Waals surface area contributed by atoms with E-state index in [1.165, 1.54) is 6.26 Å². The minimum Gasteiger partial charge on any atom is -0.479 e. The van der Waals surface area contributed by atoms with Gasteiger partial charge in [0.25, 0.3) is 0 Å². The van der Waals surface area contributed by atoms with Gasteiger partial charge in [-0.15, -0.1) is 0 Å². The number of ether oxygens (including phenoxy) is 1. The van der Waals surface area contributed by atoms with Crippen LogP contribution in [0.1, 0.15) is 52.9 Å². The number of likely N-dealkylation sites (tertiary alicyclic amines) is 1. The second-order valence-corrected chi connectivity index (χ2v) is 10.8. The number of hydrogen-bond acceptors (Lipinski definition) is 6. The predicted octanol–water partition coefficient (Wildman–Crippen LogP) is 1.40. The van der Waals surface area contributed by atoms with E-state index >= 15 is 0 Å².